The Hall–Kier alpha value is -1.53. The molecule has 1 aromatic rings. The summed E-state index contributed by atoms with van der Waals surface area (Å²) < 4.78 is 18.7. The Morgan fingerprint density at radius 2 is 2.15 bits per heavy atom. The number of rotatable bonds is 7. The molecule has 0 saturated heterocycles. The van der Waals surface area contributed by atoms with E-state index >= 15 is 0 Å². The predicted molar refractivity (Wildman–Crippen MR) is 83.5 cm³/mol. The molecule has 6 heteroatoms. The average molecular weight is 297 g/mol. The molecule has 0 bridgehead atoms. The summed E-state index contributed by atoms with van der Waals surface area (Å²) in [5, 5.41) is 7.48. The Balaban J connectivity index is 2.36. The van der Waals surface area contributed by atoms with Crippen LogP contribution in [0.15, 0.2) is 29.4 Å². The van der Waals surface area contributed by atoms with Gasteiger partial charge < -0.3 is 10.1 Å². The standard InChI is InChI=1S/C14H20FN3OS/c1-3-19-10-6-9-16-14(20)18-17-11(2)12-7-4-5-8-13(12)15/h4-5,7-8H,3,6,9-10H2,1-2H3,(H2,16,18,20)/b17-11-. The minimum Gasteiger partial charge on any atom is -0.382 e. The minimum absolute atomic E-state index is 0.300. The molecule has 1 rings (SSSR count). The highest BCUT2D eigenvalue weighted by Gasteiger charge is 2.03. The van der Waals surface area contributed by atoms with E-state index in [-0.39, 0.29) is 5.82 Å². The molecule has 0 radical (unpaired) electrons. The maximum absolute atomic E-state index is 13.5. The first-order chi connectivity index (χ1) is 9.65. The van der Waals surface area contributed by atoms with Gasteiger partial charge in [0.1, 0.15) is 5.82 Å². The van der Waals surface area contributed by atoms with Crippen LogP contribution in [0.4, 0.5) is 4.39 Å². The molecule has 0 aliphatic rings. The lowest BCUT2D eigenvalue weighted by molar-refractivity contribution is 0.145. The second-order valence-corrected chi connectivity index (χ2v) is 4.50. The molecule has 0 spiro atoms. The first kappa shape index (κ1) is 16.5. The molecule has 0 aromatic heterocycles. The molecule has 0 fully saturated rings. The van der Waals surface area contributed by atoms with Gasteiger partial charge in [-0.2, -0.15) is 5.10 Å². The van der Waals surface area contributed by atoms with Gasteiger partial charge in [-0.25, -0.2) is 4.39 Å². The zero-order valence-corrected chi connectivity index (χ0v) is 12.6. The lowest BCUT2D eigenvalue weighted by Crippen LogP contribution is -2.33. The molecular weight excluding hydrogens is 277 g/mol. The first-order valence-electron chi connectivity index (χ1n) is 6.56. The maximum atomic E-state index is 13.5. The van der Waals surface area contributed by atoms with Crippen LogP contribution in [0.1, 0.15) is 25.8 Å². The summed E-state index contributed by atoms with van der Waals surface area (Å²) >= 11 is 5.07. The van der Waals surface area contributed by atoms with E-state index in [0.29, 0.717) is 29.5 Å². The Kier molecular flexibility index (Phi) is 7.75. The fourth-order valence-electron chi connectivity index (χ4n) is 1.51. The van der Waals surface area contributed by atoms with Crippen molar-refractivity contribution in [1.29, 1.82) is 0 Å². The van der Waals surface area contributed by atoms with Crippen LogP contribution in [0, 0.1) is 5.82 Å². The van der Waals surface area contributed by atoms with Gasteiger partial charge in [-0.15, -0.1) is 0 Å². The van der Waals surface area contributed by atoms with E-state index in [2.05, 4.69) is 15.8 Å². The summed E-state index contributed by atoms with van der Waals surface area (Å²) in [6, 6.07) is 6.49. The molecule has 0 heterocycles. The predicted octanol–water partition coefficient (Wildman–Crippen LogP) is 2.44. The van der Waals surface area contributed by atoms with Crippen molar-refractivity contribution in [3.63, 3.8) is 0 Å². The van der Waals surface area contributed by atoms with Crippen LogP contribution in [0.2, 0.25) is 0 Å². The zero-order valence-electron chi connectivity index (χ0n) is 11.8. The maximum Gasteiger partial charge on any atom is 0.186 e. The average Bonchev–Trinajstić information content (AvgIpc) is 2.45. The van der Waals surface area contributed by atoms with Crippen molar-refractivity contribution in [3.05, 3.63) is 35.6 Å². The molecular formula is C14H20FN3OS. The lowest BCUT2D eigenvalue weighted by Gasteiger charge is -2.08. The van der Waals surface area contributed by atoms with Crippen molar-refractivity contribution in [2.45, 2.75) is 20.3 Å². The number of hydrogen-bond donors (Lipinski definition) is 2. The molecule has 4 nitrogen and oxygen atoms in total. The highest BCUT2D eigenvalue weighted by molar-refractivity contribution is 7.80. The molecule has 0 aliphatic carbocycles. The summed E-state index contributed by atoms with van der Waals surface area (Å²) in [7, 11) is 0. The fourth-order valence-corrected chi connectivity index (χ4v) is 1.66. The van der Waals surface area contributed by atoms with Gasteiger partial charge in [-0.1, -0.05) is 18.2 Å². The van der Waals surface area contributed by atoms with Crippen LogP contribution in [0.3, 0.4) is 0 Å². The molecule has 1 aromatic carbocycles. The van der Waals surface area contributed by atoms with Crippen molar-refractivity contribution >= 4 is 23.0 Å². The third-order valence-electron chi connectivity index (χ3n) is 2.54. The van der Waals surface area contributed by atoms with Crippen LogP contribution in [-0.2, 0) is 4.74 Å². The third-order valence-corrected chi connectivity index (χ3v) is 2.78. The Morgan fingerprint density at radius 3 is 2.85 bits per heavy atom. The number of benzene rings is 1. The van der Waals surface area contributed by atoms with Crippen molar-refractivity contribution in [2.75, 3.05) is 19.8 Å². The summed E-state index contributed by atoms with van der Waals surface area (Å²) in [6.45, 7) is 5.81. The minimum atomic E-state index is -0.300. The number of nitrogens with zero attached hydrogens (tertiary/aromatic N) is 1. The highest BCUT2D eigenvalue weighted by atomic mass is 32.1. The third kappa shape index (κ3) is 6.08. The fraction of sp³-hybridized carbons (Fsp3) is 0.429. The molecule has 20 heavy (non-hydrogen) atoms. The van der Waals surface area contributed by atoms with E-state index in [9.17, 15) is 4.39 Å². The van der Waals surface area contributed by atoms with Gasteiger partial charge in [0.05, 0.1) is 5.71 Å². The van der Waals surface area contributed by atoms with Crippen LogP contribution >= 0.6 is 12.2 Å². The largest absolute Gasteiger partial charge is 0.382 e. The Morgan fingerprint density at radius 1 is 1.40 bits per heavy atom. The van der Waals surface area contributed by atoms with Gasteiger partial charge >= 0.3 is 0 Å². The molecule has 0 saturated carbocycles. The topological polar surface area (TPSA) is 45.6 Å². The highest BCUT2D eigenvalue weighted by Crippen LogP contribution is 2.07. The van der Waals surface area contributed by atoms with E-state index in [1.807, 2.05) is 6.92 Å². The van der Waals surface area contributed by atoms with Crippen LogP contribution in [0.5, 0.6) is 0 Å². The Bertz CT molecular complexity index is 465. The zero-order chi connectivity index (χ0) is 14.8. The van der Waals surface area contributed by atoms with Gasteiger partial charge in [0.25, 0.3) is 0 Å². The first-order valence-corrected chi connectivity index (χ1v) is 6.96. The number of hydrogen-bond acceptors (Lipinski definition) is 3. The summed E-state index contributed by atoms with van der Waals surface area (Å²) in [5.41, 5.74) is 3.70. The van der Waals surface area contributed by atoms with Crippen LogP contribution in [-0.4, -0.2) is 30.6 Å². The Labute approximate surface area is 124 Å². The van der Waals surface area contributed by atoms with E-state index in [0.717, 1.165) is 13.0 Å². The molecule has 0 amide bonds. The van der Waals surface area contributed by atoms with Crippen LogP contribution < -0.4 is 10.7 Å². The summed E-state index contributed by atoms with van der Waals surface area (Å²) in [4.78, 5) is 0. The van der Waals surface area contributed by atoms with Gasteiger partial charge in [0.15, 0.2) is 5.11 Å². The van der Waals surface area contributed by atoms with Gasteiger partial charge in [0.2, 0.25) is 0 Å². The van der Waals surface area contributed by atoms with Crippen molar-refractivity contribution < 1.29 is 9.13 Å². The molecule has 2 N–H and O–H groups in total. The second kappa shape index (κ2) is 9.39. The smallest absolute Gasteiger partial charge is 0.186 e. The second-order valence-electron chi connectivity index (χ2n) is 4.10. The summed E-state index contributed by atoms with van der Waals surface area (Å²) in [5.74, 6) is -0.300. The SMILES string of the molecule is CCOCCCNC(=S)N/N=C(/C)c1ccccc1F. The number of thiocarbonyl (C=S) groups is 1. The van der Waals surface area contributed by atoms with Crippen molar-refractivity contribution in [2.24, 2.45) is 5.10 Å². The van der Waals surface area contributed by atoms with Crippen molar-refractivity contribution in [3.8, 4) is 0 Å². The molecule has 0 aliphatic heterocycles. The van der Waals surface area contributed by atoms with E-state index in [1.165, 1.54) is 6.07 Å². The van der Waals surface area contributed by atoms with E-state index in [4.69, 9.17) is 17.0 Å². The lowest BCUT2D eigenvalue weighted by atomic mass is 10.1. The van der Waals surface area contributed by atoms with Crippen molar-refractivity contribution in [1.82, 2.24) is 10.7 Å². The molecule has 110 valence electrons. The number of hydrazone groups is 1. The summed E-state index contributed by atoms with van der Waals surface area (Å²) in [6.07, 6.45) is 0.867. The number of halogens is 1. The van der Waals surface area contributed by atoms with Gasteiger partial charge in [0, 0.05) is 25.3 Å². The van der Waals surface area contributed by atoms with Gasteiger partial charge in [-0.05, 0) is 38.6 Å². The number of nitrogens with one attached hydrogen (secondary N) is 2. The van der Waals surface area contributed by atoms with Crippen LogP contribution in [0.25, 0.3) is 0 Å². The van der Waals surface area contributed by atoms with E-state index in [1.54, 1.807) is 25.1 Å². The quantitative estimate of drug-likeness (QED) is 0.351. The monoisotopic (exact) mass is 297 g/mol. The molecule has 0 unspecified atom stereocenters. The normalized spacial score (nSPS) is 11.2. The molecule has 0 atom stereocenters. The van der Waals surface area contributed by atoms with Gasteiger partial charge in [-0.3, -0.25) is 5.43 Å². The number of ether oxygens (including phenoxy) is 1. The van der Waals surface area contributed by atoms with E-state index < -0.39 is 0 Å².